The Bertz CT molecular complexity index is 71.3. The lowest BCUT2D eigenvalue weighted by Gasteiger charge is -2.05. The van der Waals surface area contributed by atoms with E-state index in [1.54, 1.807) is 0 Å². The van der Waals surface area contributed by atoms with Gasteiger partial charge in [-0.05, 0) is 13.8 Å². The molecule has 0 aliphatic rings. The molecule has 0 saturated carbocycles. The molecule has 0 aliphatic carbocycles. The molecule has 0 aliphatic heterocycles. The third-order valence-electron chi connectivity index (χ3n) is 0.933. The Kier molecular flexibility index (Phi) is 10.6. The fourth-order valence-corrected chi connectivity index (χ4v) is 0.331. The summed E-state index contributed by atoms with van der Waals surface area (Å²) < 4.78 is 2.76. The maximum Gasteiger partial charge on any atom is 0.0345 e. The summed E-state index contributed by atoms with van der Waals surface area (Å²) in [7, 11) is 0. The predicted octanol–water partition coefficient (Wildman–Crippen LogP) is 2.41. The van der Waals surface area contributed by atoms with E-state index in [0.717, 1.165) is 5.57 Å². The fraction of sp³-hybridized carbons (Fsp3) is 0.714. The molecule has 1 nitrogen and oxygen atoms in total. The van der Waals surface area contributed by atoms with Gasteiger partial charge in [0.05, 0.1) is 0 Å². The van der Waals surface area contributed by atoms with Gasteiger partial charge in [0.2, 0.25) is 0 Å². The Morgan fingerprint density at radius 2 is 1.89 bits per heavy atom. The minimum absolute atomic E-state index is 0.323. The van der Waals surface area contributed by atoms with Crippen molar-refractivity contribution < 1.29 is 0 Å². The monoisotopic (exact) mass is 147 g/mol. The molecular weight excluding hydrogens is 130 g/mol. The van der Waals surface area contributed by atoms with Crippen LogP contribution in [-0.2, 0) is 0 Å². The van der Waals surface area contributed by atoms with Gasteiger partial charge in [-0.1, -0.05) is 38.8 Å². The molecule has 0 aromatic heterocycles. The van der Waals surface area contributed by atoms with Gasteiger partial charge in [0.15, 0.2) is 0 Å². The molecule has 9 heavy (non-hydrogen) atoms. The highest BCUT2D eigenvalue weighted by molar-refractivity contribution is 7.78. The van der Waals surface area contributed by atoms with Gasteiger partial charge in [0.1, 0.15) is 0 Å². The van der Waals surface area contributed by atoms with E-state index in [2.05, 4.69) is 24.1 Å². The Labute approximate surface area is 64.1 Å². The summed E-state index contributed by atoms with van der Waals surface area (Å²) in [6.07, 6.45) is 0. The maximum absolute atomic E-state index is 3.84. The highest BCUT2D eigenvalue weighted by atomic mass is 32.1. The molecule has 1 unspecified atom stereocenters. The van der Waals surface area contributed by atoms with Crippen LogP contribution in [0.5, 0.6) is 0 Å². The van der Waals surface area contributed by atoms with Crippen molar-refractivity contribution in [2.24, 2.45) is 0 Å². The first-order chi connectivity index (χ1) is 4.18. The van der Waals surface area contributed by atoms with Crippen molar-refractivity contribution in [3.05, 3.63) is 12.2 Å². The zero-order chi connectivity index (χ0) is 7.86. The van der Waals surface area contributed by atoms with Crippen molar-refractivity contribution in [3.63, 3.8) is 0 Å². The van der Waals surface area contributed by atoms with E-state index in [9.17, 15) is 0 Å². The average molecular weight is 147 g/mol. The quantitative estimate of drug-likeness (QED) is 0.451. The number of thiol groups is 1. The van der Waals surface area contributed by atoms with Crippen molar-refractivity contribution in [1.82, 2.24) is 4.72 Å². The number of rotatable bonds is 2. The molecule has 0 radical (unpaired) electrons. The zero-order valence-electron chi connectivity index (χ0n) is 6.73. The minimum Gasteiger partial charge on any atom is -0.260 e. The normalized spacial score (nSPS) is 11.2. The van der Waals surface area contributed by atoms with Crippen LogP contribution in [0, 0.1) is 0 Å². The van der Waals surface area contributed by atoms with E-state index in [1.807, 2.05) is 27.7 Å². The first-order valence-corrected chi connectivity index (χ1v) is 3.68. The van der Waals surface area contributed by atoms with Crippen LogP contribution in [0.3, 0.4) is 0 Å². The molecule has 0 saturated heterocycles. The summed E-state index contributed by atoms with van der Waals surface area (Å²) >= 11 is 3.84. The van der Waals surface area contributed by atoms with Gasteiger partial charge in [0.25, 0.3) is 0 Å². The third-order valence-corrected chi connectivity index (χ3v) is 1.32. The first kappa shape index (κ1) is 11.8. The first-order valence-electron chi connectivity index (χ1n) is 3.23. The van der Waals surface area contributed by atoms with E-state index in [0.29, 0.717) is 6.04 Å². The lowest BCUT2D eigenvalue weighted by atomic mass is 10.2. The summed E-state index contributed by atoms with van der Waals surface area (Å²) in [5, 5.41) is 0. The molecule has 0 spiro atoms. The summed E-state index contributed by atoms with van der Waals surface area (Å²) in [5.74, 6) is 0. The second-order valence-corrected chi connectivity index (χ2v) is 1.96. The van der Waals surface area contributed by atoms with Crippen molar-refractivity contribution in [2.75, 3.05) is 0 Å². The van der Waals surface area contributed by atoms with Gasteiger partial charge in [-0.15, -0.1) is 0 Å². The van der Waals surface area contributed by atoms with Crippen molar-refractivity contribution in [2.45, 2.75) is 33.7 Å². The summed E-state index contributed by atoms with van der Waals surface area (Å²) in [4.78, 5) is 0. The number of nitrogens with one attached hydrogen (secondary N) is 1. The summed E-state index contributed by atoms with van der Waals surface area (Å²) in [5.41, 5.74) is 1.11. The second-order valence-electron chi connectivity index (χ2n) is 1.70. The van der Waals surface area contributed by atoms with E-state index in [1.165, 1.54) is 0 Å². The van der Waals surface area contributed by atoms with Crippen molar-refractivity contribution in [1.29, 1.82) is 0 Å². The van der Waals surface area contributed by atoms with Crippen LogP contribution in [0.1, 0.15) is 27.7 Å². The summed E-state index contributed by atoms with van der Waals surface area (Å²) in [6.45, 7) is 11.7. The number of hydrogen-bond donors (Lipinski definition) is 2. The Morgan fingerprint density at radius 3 is 1.89 bits per heavy atom. The second kappa shape index (κ2) is 8.05. The van der Waals surface area contributed by atoms with Crippen LogP contribution in [0.4, 0.5) is 0 Å². The Balaban J connectivity index is 0. The molecule has 0 amide bonds. The molecule has 56 valence electrons. The van der Waals surface area contributed by atoms with Gasteiger partial charge in [-0.3, -0.25) is 4.72 Å². The van der Waals surface area contributed by atoms with E-state index >= 15 is 0 Å². The molecular formula is C7H17NS. The van der Waals surface area contributed by atoms with E-state index in [-0.39, 0.29) is 0 Å². The fourth-order valence-electron chi connectivity index (χ4n) is 0.110. The van der Waals surface area contributed by atoms with Crippen LogP contribution in [0.25, 0.3) is 0 Å². The highest BCUT2D eigenvalue weighted by Crippen LogP contribution is 1.94. The smallest absolute Gasteiger partial charge is 0.0345 e. The van der Waals surface area contributed by atoms with Crippen molar-refractivity contribution >= 4 is 12.8 Å². The van der Waals surface area contributed by atoms with Gasteiger partial charge in [-0.2, -0.15) is 0 Å². The minimum atomic E-state index is 0.323. The number of hydrogen-bond acceptors (Lipinski definition) is 2. The van der Waals surface area contributed by atoms with Gasteiger partial charge < -0.3 is 0 Å². The lowest BCUT2D eigenvalue weighted by molar-refractivity contribution is 0.806. The molecule has 2 heteroatoms. The third kappa shape index (κ3) is 8.05. The molecule has 0 fully saturated rings. The largest absolute Gasteiger partial charge is 0.260 e. The molecule has 0 aromatic rings. The predicted molar refractivity (Wildman–Crippen MR) is 47.7 cm³/mol. The molecule has 0 aromatic carbocycles. The van der Waals surface area contributed by atoms with Gasteiger partial charge >= 0.3 is 0 Å². The van der Waals surface area contributed by atoms with Crippen molar-refractivity contribution in [3.8, 4) is 0 Å². The molecule has 0 bridgehead atoms. The van der Waals surface area contributed by atoms with E-state index in [4.69, 9.17) is 0 Å². The topological polar surface area (TPSA) is 12.0 Å². The van der Waals surface area contributed by atoms with Crippen LogP contribution in [0.2, 0.25) is 0 Å². The molecule has 1 N–H and O–H groups in total. The van der Waals surface area contributed by atoms with Gasteiger partial charge in [-0.25, -0.2) is 0 Å². The summed E-state index contributed by atoms with van der Waals surface area (Å²) in [6, 6.07) is 0.323. The zero-order valence-corrected chi connectivity index (χ0v) is 7.63. The Morgan fingerprint density at radius 1 is 1.56 bits per heavy atom. The lowest BCUT2D eigenvalue weighted by Crippen LogP contribution is -2.16. The SMILES string of the molecule is C=C(C)C(C)NS.CC. The average Bonchev–Trinajstić information content (AvgIpc) is 1.91. The molecule has 1 atom stereocenters. The molecule has 0 rings (SSSR count). The van der Waals surface area contributed by atoms with Gasteiger partial charge in [0, 0.05) is 6.04 Å². The van der Waals surface area contributed by atoms with Crippen LogP contribution < -0.4 is 4.72 Å². The molecule has 0 heterocycles. The van der Waals surface area contributed by atoms with Crippen LogP contribution >= 0.6 is 12.8 Å². The maximum atomic E-state index is 3.84. The van der Waals surface area contributed by atoms with Crippen LogP contribution in [0.15, 0.2) is 12.2 Å². The van der Waals surface area contributed by atoms with E-state index < -0.39 is 0 Å². The highest BCUT2D eigenvalue weighted by Gasteiger charge is 1.94. The standard InChI is InChI=1S/C5H11NS.C2H6/c1-4(2)5(3)6-7;1-2/h5-7H,1H2,2-3H3;1-2H3. The Hall–Kier alpha value is 0.0500. The van der Waals surface area contributed by atoms with Crippen LogP contribution in [-0.4, -0.2) is 6.04 Å².